The molecule has 0 saturated carbocycles. The van der Waals surface area contributed by atoms with Crippen LogP contribution in [0.5, 0.6) is 0 Å². The fourth-order valence-electron chi connectivity index (χ4n) is 2.78. The first kappa shape index (κ1) is 19.4. The molecule has 1 aromatic carbocycles. The number of fused-ring (bicyclic) bond motifs is 1. The van der Waals surface area contributed by atoms with Crippen LogP contribution in [0.3, 0.4) is 0 Å². The second kappa shape index (κ2) is 8.61. The van der Waals surface area contributed by atoms with Crippen LogP contribution < -0.4 is 10.9 Å². The van der Waals surface area contributed by atoms with E-state index in [4.69, 9.17) is 5.26 Å². The van der Waals surface area contributed by atoms with Gasteiger partial charge in [0, 0.05) is 21.5 Å². The van der Waals surface area contributed by atoms with Crippen molar-refractivity contribution in [1.29, 1.82) is 5.26 Å². The van der Waals surface area contributed by atoms with Crippen LogP contribution >= 0.6 is 34.4 Å². The van der Waals surface area contributed by atoms with Crippen molar-refractivity contribution in [2.24, 2.45) is 0 Å². The molecular formula is C20H14N4O2S3. The van der Waals surface area contributed by atoms with Gasteiger partial charge in [-0.1, -0.05) is 12.1 Å². The van der Waals surface area contributed by atoms with Gasteiger partial charge in [0.1, 0.15) is 10.7 Å². The Morgan fingerprint density at radius 1 is 1.28 bits per heavy atom. The fourth-order valence-corrected chi connectivity index (χ4v) is 5.25. The number of rotatable bonds is 6. The van der Waals surface area contributed by atoms with Crippen molar-refractivity contribution in [2.45, 2.75) is 5.75 Å². The number of anilines is 1. The second-order valence-electron chi connectivity index (χ2n) is 6.05. The normalized spacial score (nSPS) is 10.7. The lowest BCUT2D eigenvalue weighted by atomic mass is 10.2. The van der Waals surface area contributed by atoms with Crippen LogP contribution in [0, 0.1) is 11.3 Å². The van der Waals surface area contributed by atoms with E-state index in [2.05, 4.69) is 15.3 Å². The van der Waals surface area contributed by atoms with Crippen LogP contribution in [0.4, 0.5) is 5.69 Å². The Morgan fingerprint density at radius 2 is 2.17 bits per heavy atom. The highest BCUT2D eigenvalue weighted by Gasteiger charge is 2.14. The van der Waals surface area contributed by atoms with Crippen molar-refractivity contribution in [3.05, 3.63) is 68.9 Å². The van der Waals surface area contributed by atoms with Gasteiger partial charge in [0.05, 0.1) is 28.5 Å². The minimum Gasteiger partial charge on any atom is -0.325 e. The molecule has 4 rings (SSSR count). The van der Waals surface area contributed by atoms with Crippen molar-refractivity contribution >= 4 is 56.2 Å². The second-order valence-corrected chi connectivity index (χ2v) is 8.84. The molecule has 0 aliphatic carbocycles. The Kier molecular flexibility index (Phi) is 5.76. The molecule has 3 heterocycles. The zero-order valence-electron chi connectivity index (χ0n) is 15.0. The summed E-state index contributed by atoms with van der Waals surface area (Å²) in [5.74, 6) is 1.00. The number of carbonyl (C=O) groups excluding carboxylic acids is 1. The van der Waals surface area contributed by atoms with Crippen molar-refractivity contribution in [1.82, 2.24) is 9.97 Å². The molecule has 0 spiro atoms. The number of hydrogen-bond donors (Lipinski definition) is 2. The molecule has 9 heteroatoms. The summed E-state index contributed by atoms with van der Waals surface area (Å²) in [5, 5.41) is 16.2. The van der Waals surface area contributed by atoms with E-state index in [1.54, 1.807) is 35.6 Å². The molecule has 6 nitrogen and oxygen atoms in total. The summed E-state index contributed by atoms with van der Waals surface area (Å²) in [4.78, 5) is 33.8. The smallest absolute Gasteiger partial charge is 0.260 e. The summed E-state index contributed by atoms with van der Waals surface area (Å²) < 4.78 is 0. The van der Waals surface area contributed by atoms with Gasteiger partial charge in [0.2, 0.25) is 5.91 Å². The highest BCUT2D eigenvalue weighted by Crippen LogP contribution is 2.33. The Bertz CT molecular complexity index is 1270. The van der Waals surface area contributed by atoms with Crippen LogP contribution in [-0.2, 0) is 10.5 Å². The van der Waals surface area contributed by atoms with Crippen LogP contribution in [0.25, 0.3) is 20.7 Å². The highest BCUT2D eigenvalue weighted by atomic mass is 32.2. The van der Waals surface area contributed by atoms with Crippen molar-refractivity contribution in [2.75, 3.05) is 11.1 Å². The Balaban J connectivity index is 1.40. The number of nitrogens with one attached hydrogen (secondary N) is 2. The molecule has 0 radical (unpaired) electrons. The minimum atomic E-state index is -0.176. The predicted molar refractivity (Wildman–Crippen MR) is 120 cm³/mol. The average Bonchev–Trinajstić information content (AvgIpc) is 3.37. The number of aromatic amines is 1. The number of aromatic nitrogens is 2. The quantitative estimate of drug-likeness (QED) is 0.463. The fraction of sp³-hybridized carbons (Fsp3) is 0.100. The lowest BCUT2D eigenvalue weighted by Gasteiger charge is -2.05. The number of H-pyrrole nitrogens is 1. The number of thiophene rings is 2. The van der Waals surface area contributed by atoms with Crippen LogP contribution in [0.15, 0.2) is 52.0 Å². The average molecular weight is 439 g/mol. The molecule has 0 aliphatic heterocycles. The van der Waals surface area contributed by atoms with Crippen LogP contribution in [0.1, 0.15) is 11.4 Å². The van der Waals surface area contributed by atoms with E-state index in [-0.39, 0.29) is 17.2 Å². The molecule has 0 atom stereocenters. The molecule has 4 aromatic rings. The first-order valence-corrected chi connectivity index (χ1v) is 11.5. The minimum absolute atomic E-state index is 0.159. The molecule has 144 valence electrons. The number of nitriles is 1. The van der Waals surface area contributed by atoms with Gasteiger partial charge in [-0.25, -0.2) is 4.98 Å². The molecule has 29 heavy (non-hydrogen) atoms. The molecule has 0 bridgehead atoms. The SMILES string of the molecule is N#Cc1cccc(NC(=O)CSCc2nc3scc(-c4cccs4)c3c(=O)[nH]2)c1. The monoisotopic (exact) mass is 438 g/mol. The number of nitrogens with zero attached hydrogens (tertiary/aromatic N) is 2. The number of hydrogen-bond acceptors (Lipinski definition) is 7. The van der Waals surface area contributed by atoms with E-state index in [9.17, 15) is 9.59 Å². The third kappa shape index (κ3) is 4.40. The third-order valence-electron chi connectivity index (χ3n) is 4.03. The van der Waals surface area contributed by atoms with E-state index < -0.39 is 0 Å². The standard InChI is InChI=1S/C20H14N4O2S3/c21-8-12-3-1-4-13(7-12)22-17(25)11-27-10-16-23-19(26)18-14(9-29-20(18)24-16)15-5-2-6-28-15/h1-7,9H,10-11H2,(H,22,25)(H,23,24,26). The number of carbonyl (C=O) groups is 1. The summed E-state index contributed by atoms with van der Waals surface area (Å²) in [6, 6.07) is 12.7. The predicted octanol–water partition coefficient (Wildman–Crippen LogP) is 4.46. The van der Waals surface area contributed by atoms with E-state index >= 15 is 0 Å². The van der Waals surface area contributed by atoms with Gasteiger partial charge in [-0.15, -0.1) is 34.4 Å². The first-order chi connectivity index (χ1) is 14.1. The van der Waals surface area contributed by atoms with E-state index in [0.29, 0.717) is 33.0 Å². The maximum atomic E-state index is 12.6. The summed E-state index contributed by atoms with van der Waals surface area (Å²) >= 11 is 4.40. The van der Waals surface area contributed by atoms with Crippen molar-refractivity contribution in [3.63, 3.8) is 0 Å². The maximum Gasteiger partial charge on any atom is 0.260 e. The lowest BCUT2D eigenvalue weighted by molar-refractivity contribution is -0.113. The summed E-state index contributed by atoms with van der Waals surface area (Å²) in [7, 11) is 0. The van der Waals surface area contributed by atoms with Crippen molar-refractivity contribution < 1.29 is 4.79 Å². The first-order valence-electron chi connectivity index (χ1n) is 8.56. The summed E-state index contributed by atoms with van der Waals surface area (Å²) in [6.07, 6.45) is 0. The summed E-state index contributed by atoms with van der Waals surface area (Å²) in [5.41, 5.74) is 1.82. The summed E-state index contributed by atoms with van der Waals surface area (Å²) in [6.45, 7) is 0. The molecular weight excluding hydrogens is 424 g/mol. The highest BCUT2D eigenvalue weighted by molar-refractivity contribution is 7.99. The topological polar surface area (TPSA) is 98.6 Å². The van der Waals surface area contributed by atoms with Gasteiger partial charge in [0.15, 0.2) is 0 Å². The van der Waals surface area contributed by atoms with Gasteiger partial charge < -0.3 is 10.3 Å². The number of thioether (sulfide) groups is 1. The number of amides is 1. The van der Waals surface area contributed by atoms with Crippen LogP contribution in [-0.4, -0.2) is 21.6 Å². The van der Waals surface area contributed by atoms with E-state index in [1.165, 1.54) is 23.1 Å². The largest absolute Gasteiger partial charge is 0.325 e. The molecule has 0 saturated heterocycles. The third-order valence-corrected chi connectivity index (χ3v) is 6.75. The molecule has 0 unspecified atom stereocenters. The Morgan fingerprint density at radius 3 is 2.97 bits per heavy atom. The maximum absolute atomic E-state index is 12.6. The van der Waals surface area contributed by atoms with Gasteiger partial charge in [0.25, 0.3) is 5.56 Å². The molecule has 2 N–H and O–H groups in total. The van der Waals surface area contributed by atoms with E-state index in [0.717, 1.165) is 10.4 Å². The lowest BCUT2D eigenvalue weighted by Crippen LogP contribution is -2.15. The van der Waals surface area contributed by atoms with Crippen LogP contribution in [0.2, 0.25) is 0 Å². The van der Waals surface area contributed by atoms with E-state index in [1.807, 2.05) is 29.0 Å². The van der Waals surface area contributed by atoms with Gasteiger partial charge in [-0.2, -0.15) is 5.26 Å². The zero-order valence-corrected chi connectivity index (χ0v) is 17.4. The number of benzene rings is 1. The Hall–Kier alpha value is -2.93. The molecule has 0 fully saturated rings. The Labute approximate surface area is 178 Å². The molecule has 0 aliphatic rings. The molecule has 3 aromatic heterocycles. The van der Waals surface area contributed by atoms with Gasteiger partial charge in [-0.05, 0) is 29.6 Å². The van der Waals surface area contributed by atoms with Gasteiger partial charge in [-0.3, -0.25) is 9.59 Å². The zero-order chi connectivity index (χ0) is 20.2. The van der Waals surface area contributed by atoms with Crippen molar-refractivity contribution in [3.8, 4) is 16.5 Å². The van der Waals surface area contributed by atoms with Gasteiger partial charge >= 0.3 is 0 Å². The molecule has 1 amide bonds.